The largest absolute Gasteiger partial charge is 0.495 e. The summed E-state index contributed by atoms with van der Waals surface area (Å²) in [6.07, 6.45) is 2.20. The van der Waals surface area contributed by atoms with Crippen molar-refractivity contribution >= 4 is 12.6 Å². The van der Waals surface area contributed by atoms with Gasteiger partial charge in [-0.05, 0) is 52.2 Å². The molecule has 0 radical (unpaired) electrons. The Bertz CT molecular complexity index is 503. The Balaban J connectivity index is 2.19. The lowest BCUT2D eigenvalue weighted by atomic mass is 9.75. The molecule has 1 aromatic rings. The standard InChI is InChI=1S/C17H27BFNO2/c1-6-7-11-20-12-13-14(9-8-10-15(13)19)18-21-16(2,3)17(4,5)22-18/h8-10,20H,6-7,11-12H2,1-5H3. The minimum absolute atomic E-state index is 0.212. The Kier molecular flexibility index (Phi) is 5.31. The molecule has 0 spiro atoms. The van der Waals surface area contributed by atoms with Gasteiger partial charge >= 0.3 is 7.12 Å². The van der Waals surface area contributed by atoms with Gasteiger partial charge < -0.3 is 14.6 Å². The molecule has 1 aromatic carbocycles. The number of benzene rings is 1. The summed E-state index contributed by atoms with van der Waals surface area (Å²) >= 11 is 0. The minimum Gasteiger partial charge on any atom is -0.399 e. The van der Waals surface area contributed by atoms with E-state index in [1.807, 2.05) is 33.8 Å². The first-order chi connectivity index (χ1) is 10.3. The molecule has 0 bridgehead atoms. The quantitative estimate of drug-likeness (QED) is 0.647. The van der Waals surface area contributed by atoms with Crippen LogP contribution in [-0.4, -0.2) is 24.9 Å². The van der Waals surface area contributed by atoms with Crippen molar-refractivity contribution in [2.45, 2.75) is 65.2 Å². The van der Waals surface area contributed by atoms with Crippen LogP contribution in [0.1, 0.15) is 53.0 Å². The molecular formula is C17H27BFNO2. The fourth-order valence-electron chi connectivity index (χ4n) is 2.47. The highest BCUT2D eigenvalue weighted by Gasteiger charge is 2.52. The highest BCUT2D eigenvalue weighted by Crippen LogP contribution is 2.36. The fraction of sp³-hybridized carbons (Fsp3) is 0.647. The minimum atomic E-state index is -0.524. The molecule has 2 rings (SSSR count). The van der Waals surface area contributed by atoms with E-state index in [0.717, 1.165) is 24.8 Å². The van der Waals surface area contributed by atoms with Crippen molar-refractivity contribution in [3.8, 4) is 0 Å². The van der Waals surface area contributed by atoms with Crippen LogP contribution in [0.3, 0.4) is 0 Å². The number of nitrogens with one attached hydrogen (secondary N) is 1. The number of unbranched alkanes of at least 4 members (excludes halogenated alkanes) is 1. The molecular weight excluding hydrogens is 280 g/mol. The van der Waals surface area contributed by atoms with Gasteiger partial charge in [-0.1, -0.05) is 25.5 Å². The second kappa shape index (κ2) is 6.69. The maximum Gasteiger partial charge on any atom is 0.495 e. The molecule has 0 atom stereocenters. The molecule has 1 aliphatic rings. The Labute approximate surface area is 133 Å². The summed E-state index contributed by atoms with van der Waals surface area (Å²) in [6.45, 7) is 11.5. The van der Waals surface area contributed by atoms with E-state index in [9.17, 15) is 4.39 Å². The summed E-state index contributed by atoms with van der Waals surface area (Å²) in [5.74, 6) is -0.212. The zero-order valence-electron chi connectivity index (χ0n) is 14.3. The van der Waals surface area contributed by atoms with Crippen LogP contribution < -0.4 is 10.8 Å². The predicted octanol–water partition coefficient (Wildman–Crippen LogP) is 3.01. The lowest BCUT2D eigenvalue weighted by Crippen LogP contribution is -2.41. The molecule has 1 aliphatic heterocycles. The predicted molar refractivity (Wildman–Crippen MR) is 88.7 cm³/mol. The maximum absolute atomic E-state index is 14.2. The summed E-state index contributed by atoms with van der Waals surface area (Å²) in [4.78, 5) is 0. The second-order valence-corrected chi connectivity index (χ2v) is 6.93. The third-order valence-electron chi connectivity index (χ3n) is 4.67. The van der Waals surface area contributed by atoms with Crippen LogP contribution in [0.15, 0.2) is 18.2 Å². The maximum atomic E-state index is 14.2. The highest BCUT2D eigenvalue weighted by atomic mass is 19.1. The van der Waals surface area contributed by atoms with E-state index in [2.05, 4.69) is 12.2 Å². The SMILES string of the molecule is CCCCNCc1c(F)cccc1B1OC(C)(C)C(C)(C)O1. The highest BCUT2D eigenvalue weighted by molar-refractivity contribution is 6.62. The van der Waals surface area contributed by atoms with Crippen molar-refractivity contribution in [3.05, 3.63) is 29.6 Å². The molecule has 0 aliphatic carbocycles. The molecule has 122 valence electrons. The van der Waals surface area contributed by atoms with Crippen molar-refractivity contribution in [2.75, 3.05) is 6.54 Å². The smallest absolute Gasteiger partial charge is 0.399 e. The first kappa shape index (κ1) is 17.4. The topological polar surface area (TPSA) is 30.5 Å². The molecule has 1 heterocycles. The van der Waals surface area contributed by atoms with Gasteiger partial charge in [-0.15, -0.1) is 0 Å². The molecule has 0 saturated carbocycles. The van der Waals surface area contributed by atoms with Crippen LogP contribution in [-0.2, 0) is 15.9 Å². The Morgan fingerprint density at radius 1 is 1.14 bits per heavy atom. The van der Waals surface area contributed by atoms with Crippen molar-refractivity contribution in [3.63, 3.8) is 0 Å². The Hall–Kier alpha value is -0.905. The van der Waals surface area contributed by atoms with Gasteiger partial charge in [0.15, 0.2) is 0 Å². The molecule has 1 fully saturated rings. The zero-order valence-corrected chi connectivity index (χ0v) is 14.3. The number of hydrogen-bond donors (Lipinski definition) is 1. The third-order valence-corrected chi connectivity index (χ3v) is 4.67. The molecule has 22 heavy (non-hydrogen) atoms. The van der Waals surface area contributed by atoms with Gasteiger partial charge in [-0.25, -0.2) is 4.39 Å². The van der Waals surface area contributed by atoms with Crippen molar-refractivity contribution < 1.29 is 13.7 Å². The monoisotopic (exact) mass is 307 g/mol. The summed E-state index contributed by atoms with van der Waals surface area (Å²) in [5.41, 5.74) is 0.577. The summed E-state index contributed by atoms with van der Waals surface area (Å²) in [7, 11) is -0.524. The number of hydrogen-bond acceptors (Lipinski definition) is 3. The van der Waals surface area contributed by atoms with Crippen molar-refractivity contribution in [1.82, 2.24) is 5.32 Å². The van der Waals surface area contributed by atoms with Gasteiger partial charge in [-0.2, -0.15) is 0 Å². The fourth-order valence-corrected chi connectivity index (χ4v) is 2.47. The van der Waals surface area contributed by atoms with Crippen LogP contribution in [0, 0.1) is 5.82 Å². The Morgan fingerprint density at radius 3 is 2.36 bits per heavy atom. The van der Waals surface area contributed by atoms with Gasteiger partial charge in [-0.3, -0.25) is 0 Å². The van der Waals surface area contributed by atoms with Gasteiger partial charge in [0, 0.05) is 12.1 Å². The van der Waals surface area contributed by atoms with Gasteiger partial charge in [0.1, 0.15) is 5.82 Å². The second-order valence-electron chi connectivity index (χ2n) is 6.93. The van der Waals surface area contributed by atoms with Crippen LogP contribution >= 0.6 is 0 Å². The lowest BCUT2D eigenvalue weighted by molar-refractivity contribution is 0.00578. The zero-order chi connectivity index (χ0) is 16.4. The molecule has 5 heteroatoms. The first-order valence-corrected chi connectivity index (χ1v) is 8.12. The van der Waals surface area contributed by atoms with Crippen molar-refractivity contribution in [2.24, 2.45) is 0 Å². The van der Waals surface area contributed by atoms with Gasteiger partial charge in [0.25, 0.3) is 0 Å². The van der Waals surface area contributed by atoms with E-state index >= 15 is 0 Å². The van der Waals surface area contributed by atoms with E-state index < -0.39 is 18.3 Å². The molecule has 0 amide bonds. The molecule has 1 N–H and O–H groups in total. The lowest BCUT2D eigenvalue weighted by Gasteiger charge is -2.32. The molecule has 1 saturated heterocycles. The molecule has 3 nitrogen and oxygen atoms in total. The van der Waals surface area contributed by atoms with E-state index in [1.54, 1.807) is 6.07 Å². The van der Waals surface area contributed by atoms with Crippen LogP contribution in [0.5, 0.6) is 0 Å². The molecule has 0 aromatic heterocycles. The van der Waals surface area contributed by atoms with Gasteiger partial charge in [0.2, 0.25) is 0 Å². The van der Waals surface area contributed by atoms with Crippen LogP contribution in [0.25, 0.3) is 0 Å². The van der Waals surface area contributed by atoms with Crippen molar-refractivity contribution in [1.29, 1.82) is 0 Å². The normalized spacial score (nSPS) is 19.6. The summed E-state index contributed by atoms with van der Waals surface area (Å²) in [5, 5.41) is 3.30. The number of halogens is 1. The third kappa shape index (κ3) is 3.53. The van der Waals surface area contributed by atoms with E-state index in [0.29, 0.717) is 12.1 Å². The summed E-state index contributed by atoms with van der Waals surface area (Å²) in [6, 6.07) is 5.10. The van der Waals surface area contributed by atoms with E-state index in [-0.39, 0.29) is 5.82 Å². The Morgan fingerprint density at radius 2 is 1.77 bits per heavy atom. The average molecular weight is 307 g/mol. The summed E-state index contributed by atoms with van der Waals surface area (Å²) < 4.78 is 26.4. The van der Waals surface area contributed by atoms with E-state index in [1.165, 1.54) is 6.07 Å². The first-order valence-electron chi connectivity index (χ1n) is 8.12. The van der Waals surface area contributed by atoms with E-state index in [4.69, 9.17) is 9.31 Å². The average Bonchev–Trinajstić information content (AvgIpc) is 2.65. The number of rotatable bonds is 6. The van der Waals surface area contributed by atoms with Gasteiger partial charge in [0.05, 0.1) is 11.2 Å². The van der Waals surface area contributed by atoms with Crippen LogP contribution in [0.4, 0.5) is 4.39 Å². The molecule has 0 unspecified atom stereocenters. The van der Waals surface area contributed by atoms with Crippen LogP contribution in [0.2, 0.25) is 0 Å².